The first-order valence-corrected chi connectivity index (χ1v) is 7.85. The second-order valence-corrected chi connectivity index (χ2v) is 6.13. The van der Waals surface area contributed by atoms with Crippen molar-refractivity contribution in [3.8, 4) is 11.8 Å². The molecule has 1 aliphatic heterocycles. The maximum absolute atomic E-state index is 12.5. The SMILES string of the molecule is COCCOc1ccc(C#N)cc1NC(=O)N1CCC(C)(C(=O)O)C1. The largest absolute Gasteiger partial charge is 0.489 e. The van der Waals surface area contributed by atoms with Gasteiger partial charge in [-0.2, -0.15) is 5.26 Å². The fraction of sp³-hybridized carbons (Fsp3) is 0.471. The molecule has 25 heavy (non-hydrogen) atoms. The Hall–Kier alpha value is -2.79. The number of hydrogen-bond donors (Lipinski definition) is 2. The standard InChI is InChI=1S/C17H21N3O5/c1-17(15(21)22)5-6-20(11-17)16(23)19-13-9-12(10-18)3-4-14(13)25-8-7-24-2/h3-4,9H,5-8,11H2,1-2H3,(H,19,23)(H,21,22). The minimum absolute atomic E-state index is 0.131. The average Bonchev–Trinajstić information content (AvgIpc) is 3.00. The van der Waals surface area contributed by atoms with Crippen LogP contribution in [-0.2, 0) is 9.53 Å². The molecule has 1 heterocycles. The zero-order valence-electron chi connectivity index (χ0n) is 14.2. The third-order valence-corrected chi connectivity index (χ3v) is 4.17. The number of methoxy groups -OCH3 is 1. The molecule has 1 aromatic rings. The van der Waals surface area contributed by atoms with Crippen molar-refractivity contribution in [2.45, 2.75) is 13.3 Å². The van der Waals surface area contributed by atoms with Gasteiger partial charge in [0.1, 0.15) is 12.4 Å². The highest BCUT2D eigenvalue weighted by molar-refractivity contribution is 5.92. The summed E-state index contributed by atoms with van der Waals surface area (Å²) in [6.45, 7) is 2.79. The van der Waals surface area contributed by atoms with E-state index in [9.17, 15) is 14.7 Å². The topological polar surface area (TPSA) is 112 Å². The van der Waals surface area contributed by atoms with E-state index in [0.717, 1.165) is 0 Å². The van der Waals surface area contributed by atoms with E-state index < -0.39 is 17.4 Å². The van der Waals surface area contributed by atoms with Gasteiger partial charge in [0, 0.05) is 20.2 Å². The van der Waals surface area contributed by atoms with E-state index in [4.69, 9.17) is 14.7 Å². The summed E-state index contributed by atoms with van der Waals surface area (Å²) in [6.07, 6.45) is 0.394. The van der Waals surface area contributed by atoms with Gasteiger partial charge in [0.15, 0.2) is 0 Å². The molecule has 0 saturated carbocycles. The number of urea groups is 1. The van der Waals surface area contributed by atoms with Crippen molar-refractivity contribution >= 4 is 17.7 Å². The minimum Gasteiger partial charge on any atom is -0.489 e. The molecule has 0 bridgehead atoms. The van der Waals surface area contributed by atoms with Crippen LogP contribution in [-0.4, -0.2) is 55.4 Å². The lowest BCUT2D eigenvalue weighted by Crippen LogP contribution is -2.37. The minimum atomic E-state index is -0.941. The molecular weight excluding hydrogens is 326 g/mol. The quantitative estimate of drug-likeness (QED) is 0.760. The van der Waals surface area contributed by atoms with Crippen molar-refractivity contribution in [3.63, 3.8) is 0 Å². The predicted octanol–water partition coefficient (Wildman–Crippen LogP) is 1.91. The number of carboxylic acid groups (broad SMARTS) is 1. The van der Waals surface area contributed by atoms with Crippen molar-refractivity contribution in [2.75, 3.05) is 38.7 Å². The molecule has 0 radical (unpaired) electrons. The zero-order valence-corrected chi connectivity index (χ0v) is 14.2. The van der Waals surface area contributed by atoms with Crippen molar-refractivity contribution in [2.24, 2.45) is 5.41 Å². The summed E-state index contributed by atoms with van der Waals surface area (Å²) in [5, 5.41) is 21.0. The Morgan fingerprint density at radius 3 is 2.80 bits per heavy atom. The molecule has 2 N–H and O–H groups in total. The third kappa shape index (κ3) is 4.39. The summed E-state index contributed by atoms with van der Waals surface area (Å²) >= 11 is 0. The van der Waals surface area contributed by atoms with Crippen molar-refractivity contribution in [1.29, 1.82) is 5.26 Å². The van der Waals surface area contributed by atoms with E-state index in [0.29, 0.717) is 43.2 Å². The molecular formula is C17H21N3O5. The molecule has 1 fully saturated rings. The molecule has 2 amide bonds. The highest BCUT2D eigenvalue weighted by Crippen LogP contribution is 2.31. The number of hydrogen-bond acceptors (Lipinski definition) is 5. The van der Waals surface area contributed by atoms with Crippen LogP contribution >= 0.6 is 0 Å². The number of amides is 2. The first-order valence-electron chi connectivity index (χ1n) is 7.85. The first kappa shape index (κ1) is 18.5. The number of aliphatic carboxylic acids is 1. The summed E-state index contributed by atoms with van der Waals surface area (Å²) in [5.41, 5.74) is -0.195. The smallest absolute Gasteiger partial charge is 0.321 e. The van der Waals surface area contributed by atoms with Crippen LogP contribution in [0.5, 0.6) is 5.75 Å². The van der Waals surface area contributed by atoms with Gasteiger partial charge in [-0.3, -0.25) is 4.79 Å². The zero-order chi connectivity index (χ0) is 18.4. The van der Waals surface area contributed by atoms with Crippen LogP contribution in [0.1, 0.15) is 18.9 Å². The maximum Gasteiger partial charge on any atom is 0.321 e. The van der Waals surface area contributed by atoms with Gasteiger partial charge in [0.2, 0.25) is 0 Å². The molecule has 8 nitrogen and oxygen atoms in total. The van der Waals surface area contributed by atoms with Crippen LogP contribution in [0.2, 0.25) is 0 Å². The number of carbonyl (C=O) groups is 2. The van der Waals surface area contributed by atoms with Gasteiger partial charge in [-0.25, -0.2) is 4.79 Å². The molecule has 1 aromatic carbocycles. The molecule has 1 unspecified atom stereocenters. The van der Waals surface area contributed by atoms with Crippen molar-refractivity contribution < 1.29 is 24.2 Å². The first-order chi connectivity index (χ1) is 11.9. The maximum atomic E-state index is 12.5. The number of ether oxygens (including phenoxy) is 2. The van der Waals surface area contributed by atoms with Gasteiger partial charge in [-0.15, -0.1) is 0 Å². The number of rotatable bonds is 6. The Morgan fingerprint density at radius 1 is 1.44 bits per heavy atom. The Kier molecular flexibility index (Phi) is 5.83. The molecule has 134 valence electrons. The molecule has 2 rings (SSSR count). The lowest BCUT2D eigenvalue weighted by Gasteiger charge is -2.21. The Bertz CT molecular complexity index is 700. The van der Waals surface area contributed by atoms with Gasteiger partial charge in [0.05, 0.1) is 29.3 Å². The number of benzene rings is 1. The van der Waals surface area contributed by atoms with Crippen LogP contribution in [0.15, 0.2) is 18.2 Å². The Morgan fingerprint density at radius 2 is 2.20 bits per heavy atom. The van der Waals surface area contributed by atoms with E-state index in [-0.39, 0.29) is 6.54 Å². The van der Waals surface area contributed by atoms with Gasteiger partial charge in [0.25, 0.3) is 0 Å². The molecule has 0 aromatic heterocycles. The average molecular weight is 347 g/mol. The van der Waals surface area contributed by atoms with Gasteiger partial charge in [-0.1, -0.05) is 0 Å². The Labute approximate surface area is 145 Å². The number of anilines is 1. The van der Waals surface area contributed by atoms with Crippen molar-refractivity contribution in [3.05, 3.63) is 23.8 Å². The summed E-state index contributed by atoms with van der Waals surface area (Å²) < 4.78 is 10.5. The van der Waals surface area contributed by atoms with Gasteiger partial charge >= 0.3 is 12.0 Å². The number of nitriles is 1. The fourth-order valence-corrected chi connectivity index (χ4v) is 2.56. The highest BCUT2D eigenvalue weighted by atomic mass is 16.5. The van der Waals surface area contributed by atoms with Crippen LogP contribution in [0.3, 0.4) is 0 Å². The third-order valence-electron chi connectivity index (χ3n) is 4.17. The van der Waals surface area contributed by atoms with Gasteiger partial charge in [-0.05, 0) is 31.5 Å². The molecule has 0 aliphatic carbocycles. The summed E-state index contributed by atoms with van der Waals surface area (Å²) in [4.78, 5) is 25.2. The van der Waals surface area contributed by atoms with Crippen molar-refractivity contribution in [1.82, 2.24) is 4.90 Å². The van der Waals surface area contributed by atoms with Gasteiger partial charge < -0.3 is 24.8 Å². The Balaban J connectivity index is 2.11. The number of likely N-dealkylation sites (tertiary alicyclic amines) is 1. The highest BCUT2D eigenvalue weighted by Gasteiger charge is 2.42. The molecule has 1 aliphatic rings. The van der Waals surface area contributed by atoms with E-state index in [1.165, 1.54) is 11.0 Å². The molecule has 0 spiro atoms. The second-order valence-electron chi connectivity index (χ2n) is 6.13. The number of nitrogens with zero attached hydrogens (tertiary/aromatic N) is 2. The van der Waals surface area contributed by atoms with E-state index in [2.05, 4.69) is 5.32 Å². The molecule has 1 atom stereocenters. The van der Waals surface area contributed by atoms with E-state index >= 15 is 0 Å². The molecule has 1 saturated heterocycles. The summed E-state index contributed by atoms with van der Waals surface area (Å²) in [7, 11) is 1.55. The van der Waals surface area contributed by atoms with Crippen LogP contribution in [0.25, 0.3) is 0 Å². The predicted molar refractivity (Wildman–Crippen MR) is 89.5 cm³/mol. The number of carbonyl (C=O) groups excluding carboxylic acids is 1. The van der Waals surface area contributed by atoms with Crippen LogP contribution < -0.4 is 10.1 Å². The fourth-order valence-electron chi connectivity index (χ4n) is 2.56. The van der Waals surface area contributed by atoms with Crippen LogP contribution in [0, 0.1) is 16.7 Å². The summed E-state index contributed by atoms with van der Waals surface area (Å²) in [6, 6.07) is 6.31. The monoisotopic (exact) mass is 347 g/mol. The molecule has 8 heteroatoms. The number of carboxylic acids is 1. The number of nitrogens with one attached hydrogen (secondary N) is 1. The lowest BCUT2D eigenvalue weighted by molar-refractivity contribution is -0.146. The summed E-state index contributed by atoms with van der Waals surface area (Å²) in [5.74, 6) is -0.498. The normalized spacial score (nSPS) is 19.3. The lowest BCUT2D eigenvalue weighted by atomic mass is 9.90. The van der Waals surface area contributed by atoms with E-state index in [1.54, 1.807) is 26.2 Å². The van der Waals surface area contributed by atoms with Crippen LogP contribution in [0.4, 0.5) is 10.5 Å². The van der Waals surface area contributed by atoms with E-state index in [1.807, 2.05) is 6.07 Å². The second kappa shape index (κ2) is 7.85.